The Hall–Kier alpha value is -7.25. The molecule has 3 aliphatic heterocycles. The minimum absolute atomic E-state index is 0.0716. The normalized spacial score (nSPS) is 23.7. The molecule has 4 bridgehead atoms. The number of sulfonamides is 2. The minimum atomic E-state index is -4.44. The standard InChI is InChI=1S/C32H40FN7O4S.C32H39N7O4S/c1-30(2)19-21(5-4-16-34)20-39(30)28-22(29(41)38-45(42,43)27-7-3-6-24(33)35-27)8-9-25(36-28)40-17-10-26(37-40)44-18-11-23-31(12-13-31)32(23)14-15-32;1-30(2)19-21-5-4-16-33-24-6-3-7-27(34-24)44(41,42)37-29(40)22-8-9-25(35-28(22)38(30)20-21)39-17-10-26(36-39)43-18-11-23-31(12-13-31)32(23)14-15-32/h3,6-10,17,21,23H,4-5,11-16,18-20,34H2,1-2H3,(H,38,41);3,6-10,17,21,23H,4-5,11-16,18-20H2,1-2H3,(H,33,34)(H,37,40)/t2*21-/m11/s1. The van der Waals surface area contributed by atoms with Gasteiger partial charge in [0.1, 0.15) is 17.5 Å². The molecule has 472 valence electrons. The van der Waals surface area contributed by atoms with Gasteiger partial charge in [-0.2, -0.15) is 21.2 Å². The summed E-state index contributed by atoms with van der Waals surface area (Å²) >= 11 is 0. The summed E-state index contributed by atoms with van der Waals surface area (Å²) in [7, 11) is -8.66. The van der Waals surface area contributed by atoms with Crippen LogP contribution in [0.5, 0.6) is 11.8 Å². The van der Waals surface area contributed by atoms with Crippen molar-refractivity contribution in [3.05, 3.63) is 102 Å². The number of amides is 2. The Morgan fingerprint density at radius 2 is 1.30 bits per heavy atom. The molecule has 6 aromatic rings. The van der Waals surface area contributed by atoms with Crippen LogP contribution in [0.2, 0.25) is 0 Å². The van der Waals surface area contributed by atoms with Crippen LogP contribution in [0.4, 0.5) is 21.8 Å². The fraction of sp³-hybridized carbons (Fsp3) is 0.562. The molecule has 8 fully saturated rings. The Balaban J connectivity index is 0.000000156. The number of carbonyl (C=O) groups is 2. The highest BCUT2D eigenvalue weighted by atomic mass is 32.2. The third kappa shape index (κ3) is 11.0. The summed E-state index contributed by atoms with van der Waals surface area (Å²) in [6, 6.07) is 18.2. The number of nitrogens with zero attached hydrogens (tertiary/aromatic N) is 10. The lowest BCUT2D eigenvalue weighted by atomic mass is 9.93. The van der Waals surface area contributed by atoms with Crippen LogP contribution in [-0.4, -0.2) is 119 Å². The van der Waals surface area contributed by atoms with Gasteiger partial charge in [-0.05, 0) is 231 Å². The molecule has 9 aliphatic rings. The van der Waals surface area contributed by atoms with E-state index in [0.717, 1.165) is 75.3 Å². The number of anilines is 3. The molecule has 2 atom stereocenters. The highest BCUT2D eigenvalue weighted by Gasteiger charge is 2.86. The molecule has 2 amide bonds. The summed E-state index contributed by atoms with van der Waals surface area (Å²) in [5, 5.41) is 11.7. The Labute approximate surface area is 518 Å². The molecular formula is C64H79FN14O8S2. The van der Waals surface area contributed by atoms with Gasteiger partial charge in [0.05, 0.1) is 24.3 Å². The maximum Gasteiger partial charge on any atom is 0.281 e. The second-order valence-corrected chi connectivity index (χ2v) is 31.1. The van der Waals surface area contributed by atoms with Crippen molar-refractivity contribution in [2.75, 3.05) is 54.5 Å². The first kappa shape index (κ1) is 59.4. The van der Waals surface area contributed by atoms with E-state index in [1.807, 2.05) is 12.3 Å². The molecule has 22 nitrogen and oxygen atoms in total. The van der Waals surface area contributed by atoms with Gasteiger partial charge in [0.25, 0.3) is 31.9 Å². The quantitative estimate of drug-likeness (QED) is 0.0621. The van der Waals surface area contributed by atoms with Crippen LogP contribution < -0.4 is 39.8 Å². The van der Waals surface area contributed by atoms with E-state index in [0.29, 0.717) is 114 Å². The van der Waals surface area contributed by atoms with Crippen molar-refractivity contribution >= 4 is 49.3 Å². The van der Waals surface area contributed by atoms with Gasteiger partial charge in [-0.15, -0.1) is 10.2 Å². The summed E-state index contributed by atoms with van der Waals surface area (Å²) in [5.74, 6) is 3.02. The molecule has 6 aliphatic carbocycles. The second kappa shape index (κ2) is 21.7. The minimum Gasteiger partial charge on any atom is -0.477 e. The molecule has 0 unspecified atom stereocenters. The van der Waals surface area contributed by atoms with E-state index < -0.39 is 42.8 Å². The Kier molecular flexibility index (Phi) is 14.5. The van der Waals surface area contributed by atoms with Crippen molar-refractivity contribution in [3.63, 3.8) is 0 Å². The molecule has 89 heavy (non-hydrogen) atoms. The average Bonchev–Trinajstić information content (AvgIpc) is 1.46. The lowest BCUT2D eigenvalue weighted by molar-refractivity contribution is 0.0972. The van der Waals surface area contributed by atoms with E-state index in [1.54, 1.807) is 58.0 Å². The first-order chi connectivity index (χ1) is 42.6. The lowest BCUT2D eigenvalue weighted by Gasteiger charge is -2.34. The molecule has 6 aromatic heterocycles. The molecular weight excluding hydrogens is 1180 g/mol. The van der Waals surface area contributed by atoms with Gasteiger partial charge in [0.2, 0.25) is 17.7 Å². The topological polar surface area (TPSA) is 277 Å². The van der Waals surface area contributed by atoms with E-state index in [4.69, 9.17) is 25.2 Å². The predicted octanol–water partition coefficient (Wildman–Crippen LogP) is 8.77. The van der Waals surface area contributed by atoms with Gasteiger partial charge in [-0.1, -0.05) is 12.1 Å². The molecule has 4 spiro atoms. The van der Waals surface area contributed by atoms with Crippen LogP contribution in [0, 0.1) is 51.3 Å². The Morgan fingerprint density at radius 3 is 1.91 bits per heavy atom. The predicted molar refractivity (Wildman–Crippen MR) is 329 cm³/mol. The fourth-order valence-electron chi connectivity index (χ4n) is 16.8. The third-order valence-electron chi connectivity index (χ3n) is 21.5. The van der Waals surface area contributed by atoms with E-state index in [9.17, 15) is 30.8 Å². The van der Waals surface area contributed by atoms with E-state index in [-0.39, 0.29) is 27.2 Å². The fourth-order valence-corrected chi connectivity index (χ4v) is 18.6. The zero-order valence-electron chi connectivity index (χ0n) is 51.0. The summed E-state index contributed by atoms with van der Waals surface area (Å²) in [5.41, 5.74) is 7.99. The Morgan fingerprint density at radius 1 is 0.719 bits per heavy atom. The van der Waals surface area contributed by atoms with Crippen molar-refractivity contribution < 1.29 is 40.3 Å². The van der Waals surface area contributed by atoms with Crippen LogP contribution in [0.1, 0.15) is 151 Å². The van der Waals surface area contributed by atoms with Gasteiger partial charge < -0.3 is 30.3 Å². The van der Waals surface area contributed by atoms with Crippen molar-refractivity contribution in [2.24, 2.45) is 51.1 Å². The number of carbonyl (C=O) groups excluding carboxylic acids is 2. The maximum atomic E-state index is 13.7. The maximum absolute atomic E-state index is 13.7. The highest BCUT2D eigenvalue weighted by Crippen LogP contribution is 2.94. The molecule has 6 saturated carbocycles. The SMILES string of the molecule is CC1(C)C[C@@H](CCCN)CN1c1nc(-n2ccc(OCCC3C4(CC4)C34CC4)n2)ccc1C(=O)NS(=O)(=O)c1cccc(F)n1.CC1(C)C[C@H]2CCCNc3cccc(n3)S(=O)(=O)NC(=O)c3ccc(-n4ccc(OCCC5C6(CC6)C56CC6)n4)nc3N1C2. The first-order valence-electron chi connectivity index (χ1n) is 31.7. The van der Waals surface area contributed by atoms with Crippen molar-refractivity contribution in [2.45, 2.75) is 152 Å². The smallest absolute Gasteiger partial charge is 0.281 e. The number of fused-ring (bicyclic) bond motifs is 8. The highest BCUT2D eigenvalue weighted by molar-refractivity contribution is 7.90. The molecule has 2 saturated heterocycles. The number of aromatic nitrogens is 8. The molecule has 5 N–H and O–H groups in total. The van der Waals surface area contributed by atoms with Crippen molar-refractivity contribution in [3.8, 4) is 23.4 Å². The summed E-state index contributed by atoms with van der Waals surface area (Å²) < 4.78 is 85.7. The number of halogens is 1. The lowest BCUT2D eigenvalue weighted by Crippen LogP contribution is -2.41. The number of hydrogen-bond donors (Lipinski definition) is 4. The number of nitrogens with one attached hydrogen (secondary N) is 3. The largest absolute Gasteiger partial charge is 0.477 e. The van der Waals surface area contributed by atoms with Gasteiger partial charge in [-0.25, -0.2) is 38.7 Å². The summed E-state index contributed by atoms with van der Waals surface area (Å²) in [6.45, 7) is 12.3. The molecule has 25 heteroatoms. The summed E-state index contributed by atoms with van der Waals surface area (Å²) in [4.78, 5) is 48.9. The van der Waals surface area contributed by atoms with Crippen LogP contribution in [0.25, 0.3) is 11.6 Å². The van der Waals surface area contributed by atoms with Gasteiger partial charge >= 0.3 is 0 Å². The van der Waals surface area contributed by atoms with Crippen molar-refractivity contribution in [1.29, 1.82) is 0 Å². The van der Waals surface area contributed by atoms with Crippen LogP contribution in [0.15, 0.2) is 95.2 Å². The van der Waals surface area contributed by atoms with Gasteiger partial charge in [-0.3, -0.25) is 9.59 Å². The zero-order valence-corrected chi connectivity index (χ0v) is 52.6. The van der Waals surface area contributed by atoms with E-state index >= 15 is 0 Å². The summed E-state index contributed by atoms with van der Waals surface area (Å²) in [6.07, 6.45) is 22.3. The molecule has 9 heterocycles. The average molecular weight is 1260 g/mol. The van der Waals surface area contributed by atoms with E-state index in [2.05, 4.69) is 72.4 Å². The second-order valence-electron chi connectivity index (χ2n) is 27.8. The van der Waals surface area contributed by atoms with Gasteiger partial charge in [0, 0.05) is 55.2 Å². The number of rotatable bonds is 17. The van der Waals surface area contributed by atoms with Crippen LogP contribution in [-0.2, 0) is 20.0 Å². The monoisotopic (exact) mass is 1250 g/mol. The number of nitrogens with two attached hydrogens (primary N) is 1. The molecule has 0 aromatic carbocycles. The van der Waals surface area contributed by atoms with Gasteiger partial charge in [0.15, 0.2) is 21.7 Å². The number of pyridine rings is 4. The van der Waals surface area contributed by atoms with Crippen molar-refractivity contribution in [1.82, 2.24) is 48.9 Å². The first-order valence-corrected chi connectivity index (χ1v) is 34.7. The molecule has 0 radical (unpaired) electrons. The van der Waals surface area contributed by atoms with Crippen LogP contribution in [0.3, 0.4) is 0 Å². The number of ether oxygens (including phenoxy) is 2. The zero-order chi connectivity index (χ0) is 61.9. The molecule has 15 rings (SSSR count). The van der Waals surface area contributed by atoms with E-state index in [1.165, 1.54) is 63.5 Å². The van der Waals surface area contributed by atoms with Crippen LogP contribution >= 0.6 is 0 Å². The number of hydrogen-bond acceptors (Lipinski definition) is 18. The Bertz CT molecular complexity index is 3950. The third-order valence-corrected chi connectivity index (χ3v) is 24.0.